The van der Waals surface area contributed by atoms with Gasteiger partial charge >= 0.3 is 5.97 Å². The predicted molar refractivity (Wildman–Crippen MR) is 71.1 cm³/mol. The molecule has 0 aromatic heterocycles. The second-order valence-electron chi connectivity index (χ2n) is 4.06. The highest BCUT2D eigenvalue weighted by atomic mass is 79.9. The SMILES string of the molecule is CNC(C(=O)O)C(c1ccc(Br)cc1)N(C)C. The first-order valence-electron chi connectivity index (χ1n) is 5.29. The van der Waals surface area contributed by atoms with E-state index in [2.05, 4.69) is 21.2 Å². The molecule has 2 atom stereocenters. The molecule has 0 spiro atoms. The molecule has 2 unspecified atom stereocenters. The standard InChI is InChI=1S/C12H17BrN2O2/c1-14-10(12(16)17)11(15(2)3)8-4-6-9(13)7-5-8/h4-7,10-11,14H,1-3H3,(H,16,17). The first-order chi connectivity index (χ1) is 7.97. The Morgan fingerprint density at radius 2 is 1.88 bits per heavy atom. The van der Waals surface area contributed by atoms with Crippen molar-refractivity contribution in [3.8, 4) is 0 Å². The fraction of sp³-hybridized carbons (Fsp3) is 0.417. The van der Waals surface area contributed by atoms with Gasteiger partial charge in [0.2, 0.25) is 0 Å². The number of halogens is 1. The monoisotopic (exact) mass is 300 g/mol. The minimum absolute atomic E-state index is 0.203. The van der Waals surface area contributed by atoms with E-state index in [-0.39, 0.29) is 6.04 Å². The zero-order valence-electron chi connectivity index (χ0n) is 10.1. The average Bonchev–Trinajstić information content (AvgIpc) is 2.26. The Morgan fingerprint density at radius 1 is 1.35 bits per heavy atom. The third-order valence-corrected chi connectivity index (χ3v) is 3.19. The van der Waals surface area contributed by atoms with Crippen molar-refractivity contribution in [2.24, 2.45) is 0 Å². The molecule has 1 rings (SSSR count). The fourth-order valence-corrected chi connectivity index (χ4v) is 2.13. The predicted octanol–water partition coefficient (Wildman–Crippen LogP) is 1.72. The van der Waals surface area contributed by atoms with Crippen molar-refractivity contribution in [2.75, 3.05) is 21.1 Å². The van der Waals surface area contributed by atoms with E-state index in [1.165, 1.54) is 0 Å². The van der Waals surface area contributed by atoms with Gasteiger partial charge in [-0.25, -0.2) is 0 Å². The number of nitrogens with zero attached hydrogens (tertiary/aromatic N) is 1. The van der Waals surface area contributed by atoms with Gasteiger partial charge in [-0.3, -0.25) is 4.79 Å². The number of benzene rings is 1. The van der Waals surface area contributed by atoms with Crippen LogP contribution in [0, 0.1) is 0 Å². The largest absolute Gasteiger partial charge is 0.480 e. The summed E-state index contributed by atoms with van der Waals surface area (Å²) in [4.78, 5) is 13.1. The maximum absolute atomic E-state index is 11.2. The van der Waals surface area contributed by atoms with Crippen molar-refractivity contribution in [3.05, 3.63) is 34.3 Å². The lowest BCUT2D eigenvalue weighted by Gasteiger charge is -2.30. The second kappa shape index (κ2) is 6.14. The highest BCUT2D eigenvalue weighted by molar-refractivity contribution is 9.10. The van der Waals surface area contributed by atoms with Crippen molar-refractivity contribution < 1.29 is 9.90 Å². The summed E-state index contributed by atoms with van der Waals surface area (Å²) in [5.74, 6) is -0.853. The topological polar surface area (TPSA) is 52.6 Å². The summed E-state index contributed by atoms with van der Waals surface area (Å²) < 4.78 is 0.982. The minimum Gasteiger partial charge on any atom is -0.480 e. The van der Waals surface area contributed by atoms with Gasteiger partial charge in [0.1, 0.15) is 6.04 Å². The summed E-state index contributed by atoms with van der Waals surface area (Å²) in [5, 5.41) is 12.1. The fourth-order valence-electron chi connectivity index (χ4n) is 1.87. The average molecular weight is 301 g/mol. The molecule has 5 heteroatoms. The van der Waals surface area contributed by atoms with E-state index < -0.39 is 12.0 Å². The number of carboxylic acids is 1. The van der Waals surface area contributed by atoms with Crippen LogP contribution in [0.2, 0.25) is 0 Å². The van der Waals surface area contributed by atoms with Crippen LogP contribution < -0.4 is 5.32 Å². The molecule has 1 aromatic rings. The third kappa shape index (κ3) is 3.52. The number of nitrogens with one attached hydrogen (secondary N) is 1. The van der Waals surface area contributed by atoms with Crippen LogP contribution in [0.15, 0.2) is 28.7 Å². The minimum atomic E-state index is -0.853. The van der Waals surface area contributed by atoms with Crippen molar-refractivity contribution >= 4 is 21.9 Å². The van der Waals surface area contributed by atoms with E-state index >= 15 is 0 Å². The second-order valence-corrected chi connectivity index (χ2v) is 4.98. The number of aliphatic carboxylic acids is 1. The molecule has 0 fully saturated rings. The zero-order valence-corrected chi connectivity index (χ0v) is 11.7. The zero-order chi connectivity index (χ0) is 13.0. The number of likely N-dealkylation sites (N-methyl/N-ethyl adjacent to an activating group) is 2. The summed E-state index contributed by atoms with van der Waals surface area (Å²) in [5.41, 5.74) is 0.972. The van der Waals surface area contributed by atoms with Crippen LogP contribution in [0.5, 0.6) is 0 Å². The van der Waals surface area contributed by atoms with Crippen LogP contribution in [0.25, 0.3) is 0 Å². The Hall–Kier alpha value is -0.910. The first kappa shape index (κ1) is 14.2. The van der Waals surface area contributed by atoms with Gasteiger partial charge in [0.05, 0.1) is 6.04 Å². The summed E-state index contributed by atoms with van der Waals surface area (Å²) in [6.07, 6.45) is 0. The molecule has 0 saturated carbocycles. The van der Waals surface area contributed by atoms with Crippen molar-refractivity contribution in [1.29, 1.82) is 0 Å². The Balaban J connectivity index is 3.08. The molecule has 1 aromatic carbocycles. The van der Waals surface area contributed by atoms with Crippen LogP contribution in [0.1, 0.15) is 11.6 Å². The van der Waals surface area contributed by atoms with E-state index in [1.54, 1.807) is 7.05 Å². The Kier molecular flexibility index (Phi) is 5.11. The van der Waals surface area contributed by atoms with Gasteiger partial charge in [-0.2, -0.15) is 0 Å². The lowest BCUT2D eigenvalue weighted by atomic mass is 9.98. The van der Waals surface area contributed by atoms with Crippen LogP contribution in [0.3, 0.4) is 0 Å². The summed E-state index contributed by atoms with van der Waals surface area (Å²) in [7, 11) is 5.41. The van der Waals surface area contributed by atoms with E-state index in [9.17, 15) is 9.90 Å². The molecule has 0 aliphatic heterocycles. The normalized spacial score (nSPS) is 14.6. The molecule has 2 N–H and O–H groups in total. The number of hydrogen-bond acceptors (Lipinski definition) is 3. The Labute approximate surface area is 110 Å². The Morgan fingerprint density at radius 3 is 2.24 bits per heavy atom. The molecule has 0 radical (unpaired) electrons. The molecule has 0 aliphatic carbocycles. The molecule has 0 bridgehead atoms. The van der Waals surface area contributed by atoms with Gasteiger partial charge in [-0.05, 0) is 38.8 Å². The van der Waals surface area contributed by atoms with Gasteiger partial charge in [0, 0.05) is 4.47 Å². The van der Waals surface area contributed by atoms with Crippen LogP contribution in [-0.4, -0.2) is 43.2 Å². The highest BCUT2D eigenvalue weighted by Crippen LogP contribution is 2.24. The van der Waals surface area contributed by atoms with E-state index in [1.807, 2.05) is 43.3 Å². The maximum Gasteiger partial charge on any atom is 0.322 e. The maximum atomic E-state index is 11.2. The lowest BCUT2D eigenvalue weighted by Crippen LogP contribution is -2.45. The first-order valence-corrected chi connectivity index (χ1v) is 6.08. The third-order valence-electron chi connectivity index (χ3n) is 2.66. The summed E-state index contributed by atoms with van der Waals surface area (Å²) in [6, 6.07) is 6.86. The van der Waals surface area contributed by atoms with Crippen molar-refractivity contribution in [2.45, 2.75) is 12.1 Å². The van der Waals surface area contributed by atoms with Crippen molar-refractivity contribution in [1.82, 2.24) is 10.2 Å². The molecular formula is C12H17BrN2O2. The molecule has 0 amide bonds. The van der Waals surface area contributed by atoms with E-state index in [4.69, 9.17) is 0 Å². The van der Waals surface area contributed by atoms with E-state index in [0.29, 0.717) is 0 Å². The van der Waals surface area contributed by atoms with Crippen molar-refractivity contribution in [3.63, 3.8) is 0 Å². The summed E-state index contributed by atoms with van der Waals surface area (Å²) in [6.45, 7) is 0. The van der Waals surface area contributed by atoms with Gasteiger partial charge in [0.15, 0.2) is 0 Å². The molecule has 0 heterocycles. The van der Waals surface area contributed by atoms with Crippen LogP contribution in [-0.2, 0) is 4.79 Å². The number of carbonyl (C=O) groups is 1. The van der Waals surface area contributed by atoms with E-state index in [0.717, 1.165) is 10.0 Å². The number of carboxylic acid groups (broad SMARTS) is 1. The van der Waals surface area contributed by atoms with Gasteiger partial charge in [-0.15, -0.1) is 0 Å². The van der Waals surface area contributed by atoms with Crippen LogP contribution in [0.4, 0.5) is 0 Å². The Bertz CT molecular complexity index is 379. The summed E-state index contributed by atoms with van der Waals surface area (Å²) >= 11 is 3.37. The quantitative estimate of drug-likeness (QED) is 0.869. The molecule has 0 aliphatic rings. The van der Waals surface area contributed by atoms with Gasteiger partial charge in [0.25, 0.3) is 0 Å². The van der Waals surface area contributed by atoms with Gasteiger partial charge in [-0.1, -0.05) is 28.1 Å². The molecule has 4 nitrogen and oxygen atoms in total. The number of rotatable bonds is 5. The molecular weight excluding hydrogens is 284 g/mol. The van der Waals surface area contributed by atoms with Crippen LogP contribution >= 0.6 is 15.9 Å². The highest BCUT2D eigenvalue weighted by Gasteiger charge is 2.29. The molecule has 94 valence electrons. The lowest BCUT2D eigenvalue weighted by molar-refractivity contribution is -0.141. The number of hydrogen-bond donors (Lipinski definition) is 2. The smallest absolute Gasteiger partial charge is 0.322 e. The molecule has 0 saturated heterocycles. The molecule has 17 heavy (non-hydrogen) atoms. The van der Waals surface area contributed by atoms with Gasteiger partial charge < -0.3 is 15.3 Å².